The normalized spacial score (nSPS) is 11.6. The summed E-state index contributed by atoms with van der Waals surface area (Å²) >= 11 is 1.46. The van der Waals surface area contributed by atoms with Crippen LogP contribution in [0, 0.1) is 5.82 Å². The first kappa shape index (κ1) is 18.7. The highest BCUT2D eigenvalue weighted by atomic mass is 32.2. The van der Waals surface area contributed by atoms with E-state index in [-0.39, 0.29) is 18.1 Å². The monoisotopic (exact) mass is 390 g/mol. The van der Waals surface area contributed by atoms with Gasteiger partial charge in [-0.1, -0.05) is 42.5 Å². The van der Waals surface area contributed by atoms with Crippen molar-refractivity contribution in [2.24, 2.45) is 0 Å². The number of nitrogens with zero attached hydrogens (tertiary/aromatic N) is 1. The van der Waals surface area contributed by atoms with Gasteiger partial charge in [-0.05, 0) is 29.7 Å². The molecule has 0 amide bonds. The van der Waals surface area contributed by atoms with Gasteiger partial charge in [0, 0.05) is 17.5 Å². The largest absolute Gasteiger partial charge is 0.248 e. The van der Waals surface area contributed by atoms with Crippen molar-refractivity contribution in [3.05, 3.63) is 87.6 Å². The molecule has 26 heavy (non-hydrogen) atoms. The molecule has 0 aliphatic heterocycles. The number of sulfonamides is 1. The fourth-order valence-electron chi connectivity index (χ4n) is 2.46. The van der Waals surface area contributed by atoms with Crippen LogP contribution in [-0.2, 0) is 29.4 Å². The summed E-state index contributed by atoms with van der Waals surface area (Å²) in [5.74, 6) is -0.214. The minimum absolute atomic E-state index is 0.0465. The molecule has 0 saturated carbocycles. The summed E-state index contributed by atoms with van der Waals surface area (Å²) in [7, 11) is -3.36. The van der Waals surface area contributed by atoms with Crippen molar-refractivity contribution in [2.75, 3.05) is 5.75 Å². The molecular formula is C19H19FN2O2S2. The summed E-state index contributed by atoms with van der Waals surface area (Å²) in [6.07, 6.45) is 2.87. The van der Waals surface area contributed by atoms with Gasteiger partial charge in [0.25, 0.3) is 0 Å². The lowest BCUT2D eigenvalue weighted by Gasteiger charge is -2.05. The second-order valence-electron chi connectivity index (χ2n) is 5.90. The zero-order valence-corrected chi connectivity index (χ0v) is 15.7. The molecule has 0 spiro atoms. The van der Waals surface area contributed by atoms with Gasteiger partial charge in [-0.25, -0.2) is 22.5 Å². The topological polar surface area (TPSA) is 59.1 Å². The number of hydrogen-bond acceptors (Lipinski definition) is 4. The highest BCUT2D eigenvalue weighted by Gasteiger charge is 2.12. The third-order valence-corrected chi connectivity index (χ3v) is 6.16. The Labute approximate surface area is 156 Å². The average Bonchev–Trinajstić information content (AvgIpc) is 3.09. The molecule has 1 aromatic heterocycles. The number of aryl methyl sites for hydroxylation is 1. The highest BCUT2D eigenvalue weighted by Crippen LogP contribution is 2.18. The van der Waals surface area contributed by atoms with Crippen molar-refractivity contribution in [3.8, 4) is 0 Å². The summed E-state index contributed by atoms with van der Waals surface area (Å²) in [6, 6.07) is 15.9. The maximum absolute atomic E-state index is 12.9. The lowest BCUT2D eigenvalue weighted by atomic mass is 10.1. The smallest absolute Gasteiger partial charge is 0.212 e. The van der Waals surface area contributed by atoms with Gasteiger partial charge in [0.1, 0.15) is 10.8 Å². The number of rotatable bonds is 8. The van der Waals surface area contributed by atoms with E-state index in [0.717, 1.165) is 16.0 Å². The Bertz CT molecular complexity index is 939. The van der Waals surface area contributed by atoms with Crippen LogP contribution in [0.4, 0.5) is 4.39 Å². The zero-order chi connectivity index (χ0) is 18.4. The van der Waals surface area contributed by atoms with E-state index in [1.165, 1.54) is 23.5 Å². The van der Waals surface area contributed by atoms with E-state index in [9.17, 15) is 12.8 Å². The number of benzene rings is 2. The fourth-order valence-corrected chi connectivity index (χ4v) is 4.45. The molecule has 0 unspecified atom stereocenters. The predicted molar refractivity (Wildman–Crippen MR) is 102 cm³/mol. The molecule has 2 aromatic carbocycles. The summed E-state index contributed by atoms with van der Waals surface area (Å²) < 4.78 is 39.8. The molecule has 0 aliphatic rings. The van der Waals surface area contributed by atoms with Crippen LogP contribution in [0.25, 0.3) is 0 Å². The second-order valence-corrected chi connectivity index (χ2v) is 9.03. The molecule has 1 N–H and O–H groups in total. The maximum Gasteiger partial charge on any atom is 0.212 e. The Kier molecular flexibility index (Phi) is 6.13. The van der Waals surface area contributed by atoms with Crippen LogP contribution in [0.5, 0.6) is 0 Å². The molecule has 7 heteroatoms. The fraction of sp³-hybridized carbons (Fsp3) is 0.211. The maximum atomic E-state index is 12.9. The summed E-state index contributed by atoms with van der Waals surface area (Å²) in [5, 5.41) is 0.713. The summed E-state index contributed by atoms with van der Waals surface area (Å²) in [5.41, 5.74) is 1.98. The quantitative estimate of drug-likeness (QED) is 0.640. The van der Waals surface area contributed by atoms with E-state index >= 15 is 0 Å². The minimum atomic E-state index is -3.36. The van der Waals surface area contributed by atoms with Crippen LogP contribution >= 0.6 is 11.3 Å². The third-order valence-electron chi connectivity index (χ3n) is 3.84. The van der Waals surface area contributed by atoms with Gasteiger partial charge in [-0.15, -0.1) is 11.3 Å². The Hall–Kier alpha value is -2.09. The first-order valence-electron chi connectivity index (χ1n) is 8.19. The first-order valence-corrected chi connectivity index (χ1v) is 10.7. The lowest BCUT2D eigenvalue weighted by molar-refractivity contribution is 0.580. The van der Waals surface area contributed by atoms with Gasteiger partial charge < -0.3 is 0 Å². The van der Waals surface area contributed by atoms with Crippen molar-refractivity contribution >= 4 is 21.4 Å². The zero-order valence-electron chi connectivity index (χ0n) is 14.1. The number of hydrogen-bond donors (Lipinski definition) is 1. The SMILES string of the molecule is O=S(=O)(CCc1ccccc1)NCc1ncc(Cc2ccc(F)cc2)s1. The van der Waals surface area contributed by atoms with Crippen molar-refractivity contribution in [1.29, 1.82) is 0 Å². The molecule has 4 nitrogen and oxygen atoms in total. The first-order chi connectivity index (χ1) is 12.5. The Morgan fingerprint density at radius 3 is 2.46 bits per heavy atom. The van der Waals surface area contributed by atoms with E-state index in [1.807, 2.05) is 30.3 Å². The molecule has 0 bridgehead atoms. The van der Waals surface area contributed by atoms with Gasteiger partial charge in [-0.2, -0.15) is 0 Å². The Balaban J connectivity index is 1.51. The van der Waals surface area contributed by atoms with Crippen LogP contribution < -0.4 is 4.72 Å². The molecule has 1 heterocycles. The molecule has 0 radical (unpaired) electrons. The number of nitrogens with one attached hydrogen (secondary N) is 1. The van der Waals surface area contributed by atoms with E-state index in [4.69, 9.17) is 0 Å². The van der Waals surface area contributed by atoms with Gasteiger partial charge >= 0.3 is 0 Å². The van der Waals surface area contributed by atoms with Crippen LogP contribution in [0.1, 0.15) is 21.0 Å². The van der Waals surface area contributed by atoms with E-state index in [0.29, 0.717) is 17.8 Å². The molecule has 0 saturated heterocycles. The van der Waals surface area contributed by atoms with Crippen molar-refractivity contribution < 1.29 is 12.8 Å². The van der Waals surface area contributed by atoms with Crippen molar-refractivity contribution in [2.45, 2.75) is 19.4 Å². The number of thiazole rings is 1. The summed E-state index contributed by atoms with van der Waals surface area (Å²) in [4.78, 5) is 5.28. The van der Waals surface area contributed by atoms with Crippen LogP contribution in [-0.4, -0.2) is 19.2 Å². The predicted octanol–water partition coefficient (Wildman–Crippen LogP) is 3.54. The Morgan fingerprint density at radius 2 is 1.73 bits per heavy atom. The van der Waals surface area contributed by atoms with E-state index in [1.54, 1.807) is 18.3 Å². The molecular weight excluding hydrogens is 371 g/mol. The molecule has 0 atom stereocenters. The molecule has 0 aliphatic carbocycles. The van der Waals surface area contributed by atoms with E-state index < -0.39 is 10.0 Å². The minimum Gasteiger partial charge on any atom is -0.248 e. The average molecular weight is 391 g/mol. The van der Waals surface area contributed by atoms with Crippen LogP contribution in [0.3, 0.4) is 0 Å². The molecule has 3 aromatic rings. The summed E-state index contributed by atoms with van der Waals surface area (Å²) in [6.45, 7) is 0.186. The van der Waals surface area contributed by atoms with E-state index in [2.05, 4.69) is 9.71 Å². The lowest BCUT2D eigenvalue weighted by Crippen LogP contribution is -2.26. The molecule has 3 rings (SSSR count). The standard InChI is InChI=1S/C19H19FN2O2S2/c20-17-8-6-16(7-9-17)12-18-13-21-19(25-18)14-22-26(23,24)11-10-15-4-2-1-3-5-15/h1-9,13,22H,10-12,14H2. The second kappa shape index (κ2) is 8.53. The van der Waals surface area contributed by atoms with Gasteiger partial charge in [0.15, 0.2) is 0 Å². The van der Waals surface area contributed by atoms with Crippen LogP contribution in [0.2, 0.25) is 0 Å². The van der Waals surface area contributed by atoms with Gasteiger partial charge in [0.2, 0.25) is 10.0 Å². The molecule has 0 fully saturated rings. The molecule has 136 valence electrons. The highest BCUT2D eigenvalue weighted by molar-refractivity contribution is 7.89. The number of halogens is 1. The van der Waals surface area contributed by atoms with Crippen molar-refractivity contribution in [1.82, 2.24) is 9.71 Å². The number of aromatic nitrogens is 1. The Morgan fingerprint density at radius 1 is 1.00 bits per heavy atom. The van der Waals surface area contributed by atoms with Crippen molar-refractivity contribution in [3.63, 3.8) is 0 Å². The van der Waals surface area contributed by atoms with Gasteiger partial charge in [-0.3, -0.25) is 0 Å². The van der Waals surface area contributed by atoms with Gasteiger partial charge in [0.05, 0.1) is 12.3 Å². The third kappa shape index (κ3) is 5.72. The van der Waals surface area contributed by atoms with Crippen LogP contribution in [0.15, 0.2) is 60.8 Å².